The van der Waals surface area contributed by atoms with Crippen LogP contribution in [-0.4, -0.2) is 9.97 Å². The first-order valence-corrected chi connectivity index (χ1v) is 4.87. The number of nitrogen functional groups attached to an aromatic ring is 1. The van der Waals surface area contributed by atoms with Gasteiger partial charge >= 0.3 is 0 Å². The van der Waals surface area contributed by atoms with Crippen LogP contribution >= 0.6 is 0 Å². The van der Waals surface area contributed by atoms with Crippen molar-refractivity contribution in [3.63, 3.8) is 0 Å². The topological polar surface area (TPSA) is 51.8 Å². The normalized spacial score (nSPS) is 10.2. The van der Waals surface area contributed by atoms with E-state index in [0.717, 1.165) is 23.6 Å². The molecule has 1 aromatic heterocycles. The van der Waals surface area contributed by atoms with Crippen LogP contribution in [0.15, 0.2) is 36.5 Å². The standard InChI is InChI=1S/C12H13N3/c1-9-6-7-14-12(15-9)8-10-2-4-11(13)5-3-10/h2-7H,8,13H2,1H3. The monoisotopic (exact) mass is 199 g/mol. The Labute approximate surface area is 89.0 Å². The van der Waals surface area contributed by atoms with Crippen LogP contribution in [0.4, 0.5) is 5.69 Å². The van der Waals surface area contributed by atoms with E-state index < -0.39 is 0 Å². The average Bonchev–Trinajstić information content (AvgIpc) is 2.22. The smallest absolute Gasteiger partial charge is 0.132 e. The Hall–Kier alpha value is -1.90. The van der Waals surface area contributed by atoms with Gasteiger partial charge in [0.1, 0.15) is 5.82 Å². The Morgan fingerprint density at radius 1 is 1.13 bits per heavy atom. The van der Waals surface area contributed by atoms with Gasteiger partial charge in [-0.3, -0.25) is 0 Å². The van der Waals surface area contributed by atoms with Gasteiger partial charge in [0.25, 0.3) is 0 Å². The third kappa shape index (κ3) is 2.53. The highest BCUT2D eigenvalue weighted by Crippen LogP contribution is 2.08. The summed E-state index contributed by atoms with van der Waals surface area (Å²) in [6.45, 7) is 1.97. The fourth-order valence-electron chi connectivity index (χ4n) is 1.40. The molecule has 0 spiro atoms. The number of nitrogens with two attached hydrogens (primary N) is 1. The van der Waals surface area contributed by atoms with E-state index in [2.05, 4.69) is 9.97 Å². The number of aromatic nitrogens is 2. The van der Waals surface area contributed by atoms with Gasteiger partial charge in [0.15, 0.2) is 0 Å². The van der Waals surface area contributed by atoms with Crippen molar-refractivity contribution in [1.82, 2.24) is 9.97 Å². The molecule has 76 valence electrons. The minimum absolute atomic E-state index is 0.752. The first kappa shape index (κ1) is 9.65. The molecular weight excluding hydrogens is 186 g/mol. The summed E-state index contributed by atoms with van der Waals surface area (Å²) < 4.78 is 0. The van der Waals surface area contributed by atoms with Crippen LogP contribution in [0.3, 0.4) is 0 Å². The van der Waals surface area contributed by atoms with Crippen molar-refractivity contribution in [1.29, 1.82) is 0 Å². The Balaban J connectivity index is 2.18. The lowest BCUT2D eigenvalue weighted by atomic mass is 10.1. The summed E-state index contributed by atoms with van der Waals surface area (Å²) in [7, 11) is 0. The number of aryl methyl sites for hydroxylation is 1. The summed E-state index contributed by atoms with van der Waals surface area (Å²) >= 11 is 0. The summed E-state index contributed by atoms with van der Waals surface area (Å²) in [6.07, 6.45) is 2.54. The summed E-state index contributed by atoms with van der Waals surface area (Å²) in [5.74, 6) is 0.847. The zero-order chi connectivity index (χ0) is 10.7. The maximum Gasteiger partial charge on any atom is 0.132 e. The molecule has 1 aromatic carbocycles. The quantitative estimate of drug-likeness (QED) is 0.752. The molecule has 0 aliphatic heterocycles. The molecule has 0 saturated heterocycles. The molecule has 0 atom stereocenters. The molecule has 2 N–H and O–H groups in total. The predicted molar refractivity (Wildman–Crippen MR) is 60.4 cm³/mol. The number of rotatable bonds is 2. The minimum Gasteiger partial charge on any atom is -0.399 e. The van der Waals surface area contributed by atoms with Crippen LogP contribution < -0.4 is 5.73 Å². The largest absolute Gasteiger partial charge is 0.399 e. The molecule has 2 aromatic rings. The van der Waals surface area contributed by atoms with E-state index in [1.54, 1.807) is 6.20 Å². The fourth-order valence-corrected chi connectivity index (χ4v) is 1.40. The summed E-state index contributed by atoms with van der Waals surface area (Å²) in [5, 5.41) is 0. The van der Waals surface area contributed by atoms with Gasteiger partial charge in [-0.05, 0) is 30.7 Å². The molecule has 0 fully saturated rings. The highest BCUT2D eigenvalue weighted by atomic mass is 14.9. The van der Waals surface area contributed by atoms with E-state index in [0.29, 0.717) is 0 Å². The summed E-state index contributed by atoms with van der Waals surface area (Å²) in [4.78, 5) is 8.56. The SMILES string of the molecule is Cc1ccnc(Cc2ccc(N)cc2)n1. The van der Waals surface area contributed by atoms with E-state index >= 15 is 0 Å². The molecule has 1 heterocycles. The van der Waals surface area contributed by atoms with E-state index in [-0.39, 0.29) is 0 Å². The number of hydrogen-bond acceptors (Lipinski definition) is 3. The third-order valence-corrected chi connectivity index (χ3v) is 2.19. The zero-order valence-corrected chi connectivity index (χ0v) is 8.64. The Bertz CT molecular complexity index is 449. The molecule has 3 nitrogen and oxygen atoms in total. The molecular formula is C12H13N3. The van der Waals surface area contributed by atoms with Crippen molar-refractivity contribution in [2.45, 2.75) is 13.3 Å². The highest BCUT2D eigenvalue weighted by Gasteiger charge is 1.98. The van der Waals surface area contributed by atoms with Crippen molar-refractivity contribution in [2.24, 2.45) is 0 Å². The summed E-state index contributed by atoms with van der Waals surface area (Å²) in [6, 6.07) is 9.69. The number of anilines is 1. The lowest BCUT2D eigenvalue weighted by molar-refractivity contribution is 0.942. The van der Waals surface area contributed by atoms with Gasteiger partial charge in [-0.2, -0.15) is 0 Å². The van der Waals surface area contributed by atoms with Crippen molar-refractivity contribution < 1.29 is 0 Å². The van der Waals surface area contributed by atoms with Gasteiger partial charge < -0.3 is 5.73 Å². The molecule has 0 amide bonds. The molecule has 0 unspecified atom stereocenters. The zero-order valence-electron chi connectivity index (χ0n) is 8.64. The van der Waals surface area contributed by atoms with E-state index in [1.165, 1.54) is 5.56 Å². The molecule has 0 aliphatic rings. The average molecular weight is 199 g/mol. The second-order valence-electron chi connectivity index (χ2n) is 3.53. The van der Waals surface area contributed by atoms with Crippen LogP contribution in [0.2, 0.25) is 0 Å². The highest BCUT2D eigenvalue weighted by molar-refractivity contribution is 5.39. The second-order valence-corrected chi connectivity index (χ2v) is 3.53. The Morgan fingerprint density at radius 3 is 2.53 bits per heavy atom. The third-order valence-electron chi connectivity index (χ3n) is 2.19. The van der Waals surface area contributed by atoms with Crippen LogP contribution in [-0.2, 0) is 6.42 Å². The van der Waals surface area contributed by atoms with Crippen molar-refractivity contribution >= 4 is 5.69 Å². The molecule has 0 aliphatic carbocycles. The lowest BCUT2D eigenvalue weighted by Crippen LogP contribution is -1.97. The van der Waals surface area contributed by atoms with Gasteiger partial charge in [-0.15, -0.1) is 0 Å². The Kier molecular flexibility index (Phi) is 2.63. The van der Waals surface area contributed by atoms with Crippen LogP contribution in [0, 0.1) is 6.92 Å². The molecule has 2 rings (SSSR count). The molecule has 0 saturated carbocycles. The first-order valence-electron chi connectivity index (χ1n) is 4.87. The van der Waals surface area contributed by atoms with Gasteiger partial charge in [0, 0.05) is 24.0 Å². The molecule has 15 heavy (non-hydrogen) atoms. The van der Waals surface area contributed by atoms with Crippen LogP contribution in [0.5, 0.6) is 0 Å². The van der Waals surface area contributed by atoms with Gasteiger partial charge in [-0.1, -0.05) is 12.1 Å². The van der Waals surface area contributed by atoms with Crippen LogP contribution in [0.25, 0.3) is 0 Å². The fraction of sp³-hybridized carbons (Fsp3) is 0.167. The number of nitrogens with zero attached hydrogens (tertiary/aromatic N) is 2. The van der Waals surface area contributed by atoms with E-state index in [9.17, 15) is 0 Å². The Morgan fingerprint density at radius 2 is 1.87 bits per heavy atom. The van der Waals surface area contributed by atoms with E-state index in [4.69, 9.17) is 5.73 Å². The lowest BCUT2D eigenvalue weighted by Gasteiger charge is -2.01. The van der Waals surface area contributed by atoms with Gasteiger partial charge in [0.05, 0.1) is 0 Å². The predicted octanol–water partition coefficient (Wildman–Crippen LogP) is 1.96. The summed E-state index contributed by atoms with van der Waals surface area (Å²) in [5.41, 5.74) is 8.57. The van der Waals surface area contributed by atoms with Crippen molar-refractivity contribution in [3.8, 4) is 0 Å². The maximum absolute atomic E-state index is 5.61. The molecule has 0 radical (unpaired) electrons. The van der Waals surface area contributed by atoms with Crippen molar-refractivity contribution in [3.05, 3.63) is 53.6 Å². The van der Waals surface area contributed by atoms with Gasteiger partial charge in [0.2, 0.25) is 0 Å². The van der Waals surface area contributed by atoms with Crippen molar-refractivity contribution in [2.75, 3.05) is 5.73 Å². The van der Waals surface area contributed by atoms with Crippen LogP contribution in [0.1, 0.15) is 17.1 Å². The number of benzene rings is 1. The minimum atomic E-state index is 0.752. The van der Waals surface area contributed by atoms with Gasteiger partial charge in [-0.25, -0.2) is 9.97 Å². The maximum atomic E-state index is 5.61. The molecule has 3 heteroatoms. The van der Waals surface area contributed by atoms with E-state index in [1.807, 2.05) is 37.3 Å². The number of hydrogen-bond donors (Lipinski definition) is 1. The second kappa shape index (κ2) is 4.09. The molecule has 0 bridgehead atoms. The first-order chi connectivity index (χ1) is 7.24.